The maximum Gasteiger partial charge on any atom is 0.0642 e. The quantitative estimate of drug-likeness (QED) is 0.827. The summed E-state index contributed by atoms with van der Waals surface area (Å²) in [6, 6.07) is 8.75. The van der Waals surface area contributed by atoms with Gasteiger partial charge in [0.25, 0.3) is 0 Å². The average Bonchev–Trinajstić information content (AvgIpc) is 2.53. The van der Waals surface area contributed by atoms with Crippen LogP contribution in [0.1, 0.15) is 13.8 Å². The molecule has 1 aliphatic heterocycles. The second-order valence-electron chi connectivity index (χ2n) is 5.10. The van der Waals surface area contributed by atoms with E-state index in [1.54, 1.807) is 0 Å². The first kappa shape index (κ1) is 15.1. The summed E-state index contributed by atoms with van der Waals surface area (Å²) in [4.78, 5) is 4.80. The highest BCUT2D eigenvalue weighted by Crippen LogP contribution is 2.18. The lowest BCUT2D eigenvalue weighted by Crippen LogP contribution is -2.36. The molecule has 112 valence electrons. The zero-order valence-electron chi connectivity index (χ0n) is 12.8. The molecule has 20 heavy (non-hydrogen) atoms. The van der Waals surface area contributed by atoms with Gasteiger partial charge in [0.15, 0.2) is 0 Å². The van der Waals surface area contributed by atoms with Gasteiger partial charge in [-0.3, -0.25) is 0 Å². The third kappa shape index (κ3) is 4.39. The van der Waals surface area contributed by atoms with E-state index in [4.69, 9.17) is 4.74 Å². The van der Waals surface area contributed by atoms with Crippen LogP contribution in [0.5, 0.6) is 0 Å². The van der Waals surface area contributed by atoms with Crippen LogP contribution >= 0.6 is 0 Å². The molecule has 1 aromatic carbocycles. The zero-order chi connectivity index (χ0) is 14.2. The lowest BCUT2D eigenvalue weighted by atomic mass is 10.2. The van der Waals surface area contributed by atoms with Crippen LogP contribution < -0.4 is 10.2 Å². The van der Waals surface area contributed by atoms with E-state index in [0.717, 1.165) is 52.5 Å². The number of hydrogen-bond acceptors (Lipinski definition) is 4. The molecule has 1 N–H and O–H groups in total. The summed E-state index contributed by atoms with van der Waals surface area (Å²) in [7, 11) is 0. The second-order valence-corrected chi connectivity index (χ2v) is 5.10. The highest BCUT2D eigenvalue weighted by atomic mass is 16.5. The second kappa shape index (κ2) is 8.12. The number of ether oxygens (including phenoxy) is 1. The number of anilines is 2. The van der Waals surface area contributed by atoms with E-state index >= 15 is 0 Å². The van der Waals surface area contributed by atoms with Gasteiger partial charge in [0.1, 0.15) is 0 Å². The minimum absolute atomic E-state index is 0.837. The van der Waals surface area contributed by atoms with E-state index in [1.807, 2.05) is 0 Å². The van der Waals surface area contributed by atoms with Crippen LogP contribution in [0.2, 0.25) is 0 Å². The van der Waals surface area contributed by atoms with Crippen LogP contribution in [-0.4, -0.2) is 57.4 Å². The minimum atomic E-state index is 0.837. The summed E-state index contributed by atoms with van der Waals surface area (Å²) in [5, 5.41) is 3.49. The third-order valence-corrected chi connectivity index (χ3v) is 3.90. The number of hydrogen-bond donors (Lipinski definition) is 1. The van der Waals surface area contributed by atoms with Crippen LogP contribution in [0.4, 0.5) is 11.4 Å². The number of nitrogens with zero attached hydrogens (tertiary/aromatic N) is 2. The van der Waals surface area contributed by atoms with Crippen molar-refractivity contribution in [3.05, 3.63) is 24.3 Å². The van der Waals surface area contributed by atoms with Crippen molar-refractivity contribution in [1.29, 1.82) is 0 Å². The molecule has 0 saturated carbocycles. The summed E-state index contributed by atoms with van der Waals surface area (Å²) in [5.41, 5.74) is 2.50. The highest BCUT2D eigenvalue weighted by Gasteiger charge is 2.10. The van der Waals surface area contributed by atoms with Crippen molar-refractivity contribution >= 4 is 11.4 Å². The third-order valence-electron chi connectivity index (χ3n) is 3.90. The Morgan fingerprint density at radius 1 is 1.10 bits per heavy atom. The molecule has 1 aliphatic rings. The number of morpholine rings is 1. The normalized spacial score (nSPS) is 15.7. The molecule has 2 rings (SSSR count). The zero-order valence-corrected chi connectivity index (χ0v) is 12.8. The molecule has 1 saturated heterocycles. The molecule has 4 nitrogen and oxygen atoms in total. The highest BCUT2D eigenvalue weighted by molar-refractivity contribution is 5.55. The largest absolute Gasteiger partial charge is 0.384 e. The number of nitrogens with one attached hydrogen (secondary N) is 1. The van der Waals surface area contributed by atoms with Gasteiger partial charge in [0, 0.05) is 37.6 Å². The fourth-order valence-electron chi connectivity index (χ4n) is 2.51. The monoisotopic (exact) mass is 277 g/mol. The predicted octanol–water partition coefficient (Wildman–Crippen LogP) is 2.28. The summed E-state index contributed by atoms with van der Waals surface area (Å²) in [6.07, 6.45) is 0. The fourth-order valence-corrected chi connectivity index (χ4v) is 2.51. The molecular formula is C16H27N3O. The van der Waals surface area contributed by atoms with Gasteiger partial charge in [0.2, 0.25) is 0 Å². The molecular weight excluding hydrogens is 250 g/mol. The van der Waals surface area contributed by atoms with Gasteiger partial charge in [-0.2, -0.15) is 0 Å². The van der Waals surface area contributed by atoms with Crippen LogP contribution in [0.3, 0.4) is 0 Å². The maximum absolute atomic E-state index is 5.38. The Bertz CT molecular complexity index is 370. The average molecular weight is 277 g/mol. The van der Waals surface area contributed by atoms with E-state index in [0.29, 0.717) is 0 Å². The van der Waals surface area contributed by atoms with Gasteiger partial charge < -0.3 is 19.9 Å². The maximum atomic E-state index is 5.38. The molecule has 0 unspecified atom stereocenters. The Morgan fingerprint density at radius 2 is 1.75 bits per heavy atom. The van der Waals surface area contributed by atoms with Crippen LogP contribution in [-0.2, 0) is 4.74 Å². The van der Waals surface area contributed by atoms with E-state index in [2.05, 4.69) is 53.2 Å². The van der Waals surface area contributed by atoms with Crippen molar-refractivity contribution in [2.24, 2.45) is 0 Å². The summed E-state index contributed by atoms with van der Waals surface area (Å²) >= 11 is 0. The van der Waals surface area contributed by atoms with Gasteiger partial charge in [-0.05, 0) is 37.4 Å². The van der Waals surface area contributed by atoms with Crippen molar-refractivity contribution < 1.29 is 4.74 Å². The van der Waals surface area contributed by atoms with Crippen molar-refractivity contribution in [3.63, 3.8) is 0 Å². The first-order valence-electron chi connectivity index (χ1n) is 7.72. The van der Waals surface area contributed by atoms with E-state index in [9.17, 15) is 0 Å². The van der Waals surface area contributed by atoms with Crippen molar-refractivity contribution in [3.8, 4) is 0 Å². The first-order valence-corrected chi connectivity index (χ1v) is 7.72. The Morgan fingerprint density at radius 3 is 2.35 bits per heavy atom. The van der Waals surface area contributed by atoms with E-state index in [1.165, 1.54) is 11.4 Å². The van der Waals surface area contributed by atoms with E-state index < -0.39 is 0 Å². The molecule has 0 bridgehead atoms. The lowest BCUT2D eigenvalue weighted by molar-refractivity contribution is 0.122. The van der Waals surface area contributed by atoms with Gasteiger partial charge in [-0.1, -0.05) is 13.8 Å². The molecule has 4 heteroatoms. The van der Waals surface area contributed by atoms with Crippen LogP contribution in [0.15, 0.2) is 24.3 Å². The molecule has 1 fully saturated rings. The SMILES string of the molecule is CCN(CC)CCNc1ccc(N2CCOCC2)cc1. The molecule has 0 aliphatic carbocycles. The van der Waals surface area contributed by atoms with Crippen molar-refractivity contribution in [1.82, 2.24) is 4.90 Å². The summed E-state index contributed by atoms with van der Waals surface area (Å²) in [6.45, 7) is 12.4. The number of rotatable bonds is 7. The number of likely N-dealkylation sites (N-methyl/N-ethyl adjacent to an activating group) is 1. The first-order chi connectivity index (χ1) is 9.83. The molecule has 1 heterocycles. The van der Waals surface area contributed by atoms with E-state index in [-0.39, 0.29) is 0 Å². The lowest BCUT2D eigenvalue weighted by Gasteiger charge is -2.29. The molecule has 0 aromatic heterocycles. The van der Waals surface area contributed by atoms with Gasteiger partial charge in [-0.15, -0.1) is 0 Å². The molecule has 1 aromatic rings. The fraction of sp³-hybridized carbons (Fsp3) is 0.625. The Kier molecular flexibility index (Phi) is 6.15. The topological polar surface area (TPSA) is 27.7 Å². The van der Waals surface area contributed by atoms with Crippen LogP contribution in [0, 0.1) is 0 Å². The number of benzene rings is 1. The van der Waals surface area contributed by atoms with Crippen molar-refractivity contribution in [2.45, 2.75) is 13.8 Å². The van der Waals surface area contributed by atoms with Gasteiger partial charge in [-0.25, -0.2) is 0 Å². The van der Waals surface area contributed by atoms with Crippen LogP contribution in [0.25, 0.3) is 0 Å². The Labute approximate surface area is 122 Å². The molecule has 0 amide bonds. The van der Waals surface area contributed by atoms with Crippen molar-refractivity contribution in [2.75, 3.05) is 62.7 Å². The smallest absolute Gasteiger partial charge is 0.0642 e. The summed E-state index contributed by atoms with van der Waals surface area (Å²) in [5.74, 6) is 0. The standard InChI is InChI=1S/C16H27N3O/c1-3-18(4-2)10-9-17-15-5-7-16(8-6-15)19-11-13-20-14-12-19/h5-8,17H,3-4,9-14H2,1-2H3. The minimum Gasteiger partial charge on any atom is -0.384 e. The van der Waals surface area contributed by atoms with Gasteiger partial charge >= 0.3 is 0 Å². The Balaban J connectivity index is 1.79. The molecule has 0 radical (unpaired) electrons. The predicted molar refractivity (Wildman–Crippen MR) is 85.8 cm³/mol. The Hall–Kier alpha value is -1.26. The molecule has 0 spiro atoms. The molecule has 0 atom stereocenters. The van der Waals surface area contributed by atoms with Gasteiger partial charge in [0.05, 0.1) is 13.2 Å². The summed E-state index contributed by atoms with van der Waals surface area (Å²) < 4.78 is 5.38.